The predicted molar refractivity (Wildman–Crippen MR) is 87.5 cm³/mol. The topological polar surface area (TPSA) is 92.5 Å². The van der Waals surface area contributed by atoms with Crippen molar-refractivity contribution in [3.63, 3.8) is 0 Å². The monoisotopic (exact) mass is 345 g/mol. The minimum Gasteiger partial charge on any atom is -0.325 e. The molecule has 1 aliphatic rings. The molecule has 0 unspecified atom stereocenters. The van der Waals surface area contributed by atoms with E-state index in [1.54, 1.807) is 17.0 Å². The van der Waals surface area contributed by atoms with E-state index < -0.39 is 10.0 Å². The van der Waals surface area contributed by atoms with Gasteiger partial charge in [0, 0.05) is 13.1 Å². The van der Waals surface area contributed by atoms with Gasteiger partial charge in [0.05, 0.1) is 16.5 Å². The number of halogens is 1. The zero-order chi connectivity index (χ0) is 16.3. The van der Waals surface area contributed by atoms with Crippen molar-refractivity contribution in [1.82, 2.24) is 4.90 Å². The molecule has 1 heterocycles. The molecule has 0 atom stereocenters. The van der Waals surface area contributed by atoms with Crippen molar-refractivity contribution in [1.29, 1.82) is 0 Å². The number of aryl methyl sites for hydroxylation is 1. The Bertz CT molecular complexity index is 655. The number of nitrogens with one attached hydrogen (secondary N) is 1. The molecule has 22 heavy (non-hydrogen) atoms. The normalized spacial score (nSPS) is 16.6. The standard InChI is InChI=1S/C14H20ClN3O3S/c1-10-2-3-13(12(15)8-10)17-14(19)18-6-4-11(5-7-18)9-22(16,20)21/h2-3,8,11H,4-7,9H2,1H3,(H,17,19)(H2,16,20,21). The number of hydrogen-bond donors (Lipinski definition) is 2. The largest absolute Gasteiger partial charge is 0.325 e. The summed E-state index contributed by atoms with van der Waals surface area (Å²) < 4.78 is 22.2. The fraction of sp³-hybridized carbons (Fsp3) is 0.500. The summed E-state index contributed by atoms with van der Waals surface area (Å²) in [6.07, 6.45) is 1.26. The number of urea groups is 1. The number of benzene rings is 1. The molecule has 6 nitrogen and oxygen atoms in total. The molecule has 0 radical (unpaired) electrons. The first kappa shape index (κ1) is 17.1. The number of carbonyl (C=O) groups is 1. The first-order chi connectivity index (χ1) is 10.2. The first-order valence-corrected chi connectivity index (χ1v) is 9.16. The number of rotatable bonds is 3. The number of primary sulfonamides is 1. The van der Waals surface area contributed by atoms with Crippen LogP contribution in [0.5, 0.6) is 0 Å². The van der Waals surface area contributed by atoms with E-state index in [1.165, 1.54) is 0 Å². The van der Waals surface area contributed by atoms with Crippen molar-refractivity contribution in [2.45, 2.75) is 19.8 Å². The fourth-order valence-electron chi connectivity index (χ4n) is 2.55. The molecule has 2 amide bonds. The van der Waals surface area contributed by atoms with Crippen LogP contribution in [0.4, 0.5) is 10.5 Å². The van der Waals surface area contributed by atoms with E-state index in [2.05, 4.69) is 5.32 Å². The molecule has 0 aliphatic carbocycles. The SMILES string of the molecule is Cc1ccc(NC(=O)N2CCC(CS(N)(=O)=O)CC2)c(Cl)c1. The minimum atomic E-state index is -3.46. The summed E-state index contributed by atoms with van der Waals surface area (Å²) in [6.45, 7) is 2.94. The number of hydrogen-bond acceptors (Lipinski definition) is 3. The van der Waals surface area contributed by atoms with Crippen molar-refractivity contribution >= 4 is 33.3 Å². The molecule has 122 valence electrons. The lowest BCUT2D eigenvalue weighted by Gasteiger charge is -2.31. The van der Waals surface area contributed by atoms with Gasteiger partial charge in [-0.3, -0.25) is 0 Å². The van der Waals surface area contributed by atoms with Gasteiger partial charge in [0.1, 0.15) is 0 Å². The minimum absolute atomic E-state index is 0.0158. The van der Waals surface area contributed by atoms with Crippen molar-refractivity contribution in [3.05, 3.63) is 28.8 Å². The van der Waals surface area contributed by atoms with Crippen LogP contribution in [-0.2, 0) is 10.0 Å². The zero-order valence-corrected chi connectivity index (χ0v) is 14.0. The highest BCUT2D eigenvalue weighted by molar-refractivity contribution is 7.89. The summed E-state index contributed by atoms with van der Waals surface area (Å²) in [5.41, 5.74) is 1.59. The third-order valence-electron chi connectivity index (χ3n) is 3.74. The summed E-state index contributed by atoms with van der Waals surface area (Å²) in [6, 6.07) is 5.21. The van der Waals surface area contributed by atoms with Crippen LogP contribution >= 0.6 is 11.6 Å². The molecule has 1 aliphatic heterocycles. The van der Waals surface area contributed by atoms with Gasteiger partial charge in [0.25, 0.3) is 0 Å². The van der Waals surface area contributed by atoms with Crippen LogP contribution in [0.25, 0.3) is 0 Å². The van der Waals surface area contributed by atoms with Crippen molar-refractivity contribution in [2.75, 3.05) is 24.2 Å². The number of amides is 2. The third kappa shape index (κ3) is 4.86. The Morgan fingerprint density at radius 3 is 2.59 bits per heavy atom. The number of piperidine rings is 1. The number of sulfonamides is 1. The van der Waals surface area contributed by atoms with Crippen molar-refractivity contribution in [2.24, 2.45) is 11.1 Å². The Kier molecular flexibility index (Phi) is 5.31. The molecule has 0 aromatic heterocycles. The third-order valence-corrected chi connectivity index (χ3v) is 4.98. The summed E-state index contributed by atoms with van der Waals surface area (Å²) in [5.74, 6) is -0.00583. The number of anilines is 1. The average Bonchev–Trinajstić information content (AvgIpc) is 2.41. The van der Waals surface area contributed by atoms with Crippen LogP contribution in [0.15, 0.2) is 18.2 Å². The molecule has 0 spiro atoms. The maximum Gasteiger partial charge on any atom is 0.321 e. The van der Waals surface area contributed by atoms with E-state index >= 15 is 0 Å². The molecule has 0 bridgehead atoms. The summed E-state index contributed by atoms with van der Waals surface area (Å²) in [4.78, 5) is 13.9. The van der Waals surface area contributed by atoms with Crippen LogP contribution < -0.4 is 10.5 Å². The van der Waals surface area contributed by atoms with Crippen molar-refractivity contribution in [3.8, 4) is 0 Å². The molecular weight excluding hydrogens is 326 g/mol. The number of nitrogens with zero attached hydrogens (tertiary/aromatic N) is 1. The quantitative estimate of drug-likeness (QED) is 0.879. The summed E-state index contributed by atoms with van der Waals surface area (Å²) in [5, 5.41) is 8.34. The maximum atomic E-state index is 12.2. The number of carbonyl (C=O) groups excluding carboxylic acids is 1. The van der Waals surface area contributed by atoms with Gasteiger partial charge in [-0.05, 0) is 43.4 Å². The van der Waals surface area contributed by atoms with Gasteiger partial charge in [-0.15, -0.1) is 0 Å². The van der Waals surface area contributed by atoms with E-state index in [4.69, 9.17) is 16.7 Å². The predicted octanol–water partition coefficient (Wildman–Crippen LogP) is 2.18. The maximum absolute atomic E-state index is 12.2. The van der Waals surface area contributed by atoms with Gasteiger partial charge in [-0.2, -0.15) is 0 Å². The Morgan fingerprint density at radius 1 is 1.41 bits per heavy atom. The van der Waals surface area contributed by atoms with Gasteiger partial charge in [-0.25, -0.2) is 18.4 Å². The van der Waals surface area contributed by atoms with Crippen LogP contribution in [0.1, 0.15) is 18.4 Å². The molecule has 2 rings (SSSR count). The van der Waals surface area contributed by atoms with Crippen LogP contribution in [-0.4, -0.2) is 38.2 Å². The highest BCUT2D eigenvalue weighted by Crippen LogP contribution is 2.24. The lowest BCUT2D eigenvalue weighted by Crippen LogP contribution is -2.42. The van der Waals surface area contributed by atoms with E-state index in [1.807, 2.05) is 13.0 Å². The molecule has 1 fully saturated rings. The van der Waals surface area contributed by atoms with Gasteiger partial charge >= 0.3 is 6.03 Å². The number of likely N-dealkylation sites (tertiary alicyclic amines) is 1. The summed E-state index contributed by atoms with van der Waals surface area (Å²) >= 11 is 6.09. The number of nitrogens with two attached hydrogens (primary N) is 1. The molecule has 8 heteroatoms. The van der Waals surface area contributed by atoms with Crippen LogP contribution in [0.2, 0.25) is 5.02 Å². The molecule has 3 N–H and O–H groups in total. The smallest absolute Gasteiger partial charge is 0.321 e. The lowest BCUT2D eigenvalue weighted by molar-refractivity contribution is 0.187. The Balaban J connectivity index is 1.90. The van der Waals surface area contributed by atoms with Gasteiger partial charge in [0.2, 0.25) is 10.0 Å². The van der Waals surface area contributed by atoms with Crippen molar-refractivity contribution < 1.29 is 13.2 Å². The highest BCUT2D eigenvalue weighted by Gasteiger charge is 2.25. The lowest BCUT2D eigenvalue weighted by atomic mass is 9.99. The zero-order valence-electron chi connectivity index (χ0n) is 12.4. The molecule has 0 saturated carbocycles. The van der Waals surface area contributed by atoms with Gasteiger partial charge < -0.3 is 10.2 Å². The van der Waals surface area contributed by atoms with E-state index in [0.717, 1.165) is 5.56 Å². The first-order valence-electron chi connectivity index (χ1n) is 7.07. The highest BCUT2D eigenvalue weighted by atomic mass is 35.5. The Hall–Kier alpha value is -1.31. The fourth-order valence-corrected chi connectivity index (χ4v) is 3.82. The second kappa shape index (κ2) is 6.85. The molecule has 1 aromatic carbocycles. The van der Waals surface area contributed by atoms with Gasteiger partial charge in [0.15, 0.2) is 0 Å². The summed E-state index contributed by atoms with van der Waals surface area (Å²) in [7, 11) is -3.46. The second-order valence-corrected chi connectivity index (χ2v) is 7.74. The Morgan fingerprint density at radius 2 is 2.05 bits per heavy atom. The van der Waals surface area contributed by atoms with E-state index in [9.17, 15) is 13.2 Å². The second-order valence-electron chi connectivity index (χ2n) is 5.67. The van der Waals surface area contributed by atoms with E-state index in [0.29, 0.717) is 36.6 Å². The van der Waals surface area contributed by atoms with E-state index in [-0.39, 0.29) is 17.7 Å². The molecular formula is C14H20ClN3O3S. The molecule has 1 aromatic rings. The molecule has 1 saturated heterocycles. The van der Waals surface area contributed by atoms with Crippen LogP contribution in [0, 0.1) is 12.8 Å². The Labute approximate surface area is 135 Å². The van der Waals surface area contributed by atoms with Gasteiger partial charge in [-0.1, -0.05) is 17.7 Å². The average molecular weight is 346 g/mol. The van der Waals surface area contributed by atoms with Crippen LogP contribution in [0.3, 0.4) is 0 Å².